The van der Waals surface area contributed by atoms with Gasteiger partial charge in [0.1, 0.15) is 11.4 Å². The Hall–Kier alpha value is -2.87. The van der Waals surface area contributed by atoms with Crippen LogP contribution in [-0.2, 0) is 0 Å². The van der Waals surface area contributed by atoms with E-state index in [-0.39, 0.29) is 0 Å². The first-order chi connectivity index (χ1) is 12.2. The molecular formula is C17H21N5O3. The predicted molar refractivity (Wildman–Crippen MR) is 93.7 cm³/mol. The van der Waals surface area contributed by atoms with E-state index in [1.807, 2.05) is 12.1 Å². The second-order valence-corrected chi connectivity index (χ2v) is 5.67. The summed E-state index contributed by atoms with van der Waals surface area (Å²) in [7, 11) is 3.16. The molecule has 1 saturated heterocycles. The molecule has 3 N–H and O–H groups in total. The summed E-state index contributed by atoms with van der Waals surface area (Å²) in [6.45, 7) is 1.71. The van der Waals surface area contributed by atoms with Crippen molar-refractivity contribution in [2.45, 2.75) is 12.8 Å². The summed E-state index contributed by atoms with van der Waals surface area (Å²) < 4.78 is 10.6. The number of nitrogen functional groups attached to an aromatic ring is 1. The zero-order valence-corrected chi connectivity index (χ0v) is 14.3. The lowest BCUT2D eigenvalue weighted by molar-refractivity contribution is 0.0953. The van der Waals surface area contributed by atoms with Gasteiger partial charge in [0.05, 0.1) is 14.2 Å². The highest BCUT2D eigenvalue weighted by molar-refractivity contribution is 5.98. The molecule has 0 unspecified atom stereocenters. The monoisotopic (exact) mass is 343 g/mol. The minimum atomic E-state index is -0.402. The molecule has 8 nitrogen and oxygen atoms in total. The summed E-state index contributed by atoms with van der Waals surface area (Å²) in [4.78, 5) is 23.1. The Kier molecular flexibility index (Phi) is 4.99. The number of rotatable bonds is 5. The van der Waals surface area contributed by atoms with Crippen molar-refractivity contribution >= 4 is 11.7 Å². The van der Waals surface area contributed by atoms with Crippen molar-refractivity contribution in [3.63, 3.8) is 0 Å². The number of nitrogens with zero attached hydrogens (tertiary/aromatic N) is 3. The average Bonchev–Trinajstić information content (AvgIpc) is 3.21. The number of carbonyl (C=O) groups excluding carboxylic acids is 1. The zero-order chi connectivity index (χ0) is 17.8. The highest BCUT2D eigenvalue weighted by Crippen LogP contribution is 2.32. The van der Waals surface area contributed by atoms with Gasteiger partial charge in [-0.1, -0.05) is 0 Å². The molecular weight excluding hydrogens is 322 g/mol. The van der Waals surface area contributed by atoms with Crippen LogP contribution in [0.1, 0.15) is 23.2 Å². The molecule has 25 heavy (non-hydrogen) atoms. The van der Waals surface area contributed by atoms with Crippen LogP contribution in [-0.4, -0.2) is 43.2 Å². The van der Waals surface area contributed by atoms with Crippen molar-refractivity contribution in [3.8, 4) is 22.9 Å². The van der Waals surface area contributed by atoms with Crippen LogP contribution in [0.5, 0.6) is 11.5 Å². The first kappa shape index (κ1) is 17.0. The third-order valence-corrected chi connectivity index (χ3v) is 4.19. The number of hydrogen-bond acceptors (Lipinski definition) is 7. The first-order valence-corrected chi connectivity index (χ1v) is 8.03. The number of benzene rings is 1. The number of anilines is 1. The quantitative estimate of drug-likeness (QED) is 0.480. The number of ether oxygens (including phenoxy) is 2. The minimum absolute atomic E-state index is 0.369. The molecule has 0 saturated carbocycles. The van der Waals surface area contributed by atoms with Crippen molar-refractivity contribution in [1.29, 1.82) is 0 Å². The molecule has 0 spiro atoms. The molecule has 1 aromatic heterocycles. The zero-order valence-electron chi connectivity index (χ0n) is 14.3. The van der Waals surface area contributed by atoms with Crippen LogP contribution in [0.2, 0.25) is 0 Å². The summed E-state index contributed by atoms with van der Waals surface area (Å²) in [5, 5.41) is 0. The van der Waals surface area contributed by atoms with Crippen molar-refractivity contribution < 1.29 is 14.3 Å². The van der Waals surface area contributed by atoms with E-state index in [0.29, 0.717) is 28.7 Å². The largest absolute Gasteiger partial charge is 0.493 e. The molecule has 1 aliphatic heterocycles. The van der Waals surface area contributed by atoms with E-state index in [9.17, 15) is 4.79 Å². The Labute approximate surface area is 145 Å². The Morgan fingerprint density at radius 3 is 2.56 bits per heavy atom. The lowest BCUT2D eigenvalue weighted by atomic mass is 10.1. The lowest BCUT2D eigenvalue weighted by Crippen LogP contribution is -2.33. The fraction of sp³-hybridized carbons (Fsp3) is 0.353. The molecule has 1 aliphatic rings. The number of aromatic nitrogens is 2. The molecule has 8 heteroatoms. The summed E-state index contributed by atoms with van der Waals surface area (Å²) in [5.41, 5.74) is 3.30. The van der Waals surface area contributed by atoms with Gasteiger partial charge in [-0.2, -0.15) is 0 Å². The van der Waals surface area contributed by atoms with Crippen LogP contribution in [0.25, 0.3) is 11.4 Å². The SMILES string of the molecule is COc1ccc(-c2ncc(C(=O)NN)c(N3CCCC3)n2)cc1OC. The topological polar surface area (TPSA) is 103 Å². The van der Waals surface area contributed by atoms with Gasteiger partial charge in [-0.15, -0.1) is 0 Å². The third kappa shape index (κ3) is 3.34. The van der Waals surface area contributed by atoms with Crippen LogP contribution in [0.4, 0.5) is 5.82 Å². The number of methoxy groups -OCH3 is 2. The molecule has 0 atom stereocenters. The second-order valence-electron chi connectivity index (χ2n) is 5.67. The molecule has 1 aromatic carbocycles. The van der Waals surface area contributed by atoms with Gasteiger partial charge in [-0.25, -0.2) is 15.8 Å². The van der Waals surface area contributed by atoms with Crippen LogP contribution in [0.15, 0.2) is 24.4 Å². The Morgan fingerprint density at radius 1 is 1.20 bits per heavy atom. The van der Waals surface area contributed by atoms with E-state index in [4.69, 9.17) is 15.3 Å². The van der Waals surface area contributed by atoms with Crippen LogP contribution in [0.3, 0.4) is 0 Å². The summed E-state index contributed by atoms with van der Waals surface area (Å²) in [6, 6.07) is 5.46. The number of nitrogens with two attached hydrogens (primary N) is 1. The smallest absolute Gasteiger partial charge is 0.270 e. The fourth-order valence-electron chi connectivity index (χ4n) is 2.90. The number of nitrogens with one attached hydrogen (secondary N) is 1. The second kappa shape index (κ2) is 7.35. The molecule has 0 aliphatic carbocycles. The third-order valence-electron chi connectivity index (χ3n) is 4.19. The normalized spacial score (nSPS) is 13.6. The van der Waals surface area contributed by atoms with Gasteiger partial charge >= 0.3 is 0 Å². The lowest BCUT2D eigenvalue weighted by Gasteiger charge is -2.20. The molecule has 3 rings (SSSR count). The Morgan fingerprint density at radius 2 is 1.92 bits per heavy atom. The van der Waals surface area contributed by atoms with Gasteiger partial charge in [0.2, 0.25) is 0 Å². The van der Waals surface area contributed by atoms with Gasteiger partial charge in [0, 0.05) is 24.8 Å². The average molecular weight is 343 g/mol. The molecule has 132 valence electrons. The van der Waals surface area contributed by atoms with E-state index < -0.39 is 5.91 Å². The van der Waals surface area contributed by atoms with Crippen LogP contribution in [0, 0.1) is 0 Å². The minimum Gasteiger partial charge on any atom is -0.493 e. The molecule has 1 fully saturated rings. The summed E-state index contributed by atoms with van der Waals surface area (Å²) in [5.74, 6) is 7.22. The molecule has 1 amide bonds. The van der Waals surface area contributed by atoms with Gasteiger partial charge < -0.3 is 14.4 Å². The summed E-state index contributed by atoms with van der Waals surface area (Å²) in [6.07, 6.45) is 3.65. The molecule has 0 bridgehead atoms. The van der Waals surface area contributed by atoms with Gasteiger partial charge in [-0.05, 0) is 31.0 Å². The maximum atomic E-state index is 12.0. The van der Waals surface area contributed by atoms with Crippen molar-refractivity contribution in [2.75, 3.05) is 32.2 Å². The molecule has 2 heterocycles. The highest BCUT2D eigenvalue weighted by atomic mass is 16.5. The summed E-state index contributed by atoms with van der Waals surface area (Å²) >= 11 is 0. The number of hydrogen-bond donors (Lipinski definition) is 2. The molecule has 0 radical (unpaired) electrons. The van der Waals surface area contributed by atoms with E-state index in [1.165, 1.54) is 6.20 Å². The van der Waals surface area contributed by atoms with E-state index in [2.05, 4.69) is 20.3 Å². The number of hydrazine groups is 1. The molecule has 2 aromatic rings. The number of amides is 1. The number of carbonyl (C=O) groups is 1. The van der Waals surface area contributed by atoms with Gasteiger partial charge in [0.25, 0.3) is 5.91 Å². The fourth-order valence-corrected chi connectivity index (χ4v) is 2.90. The van der Waals surface area contributed by atoms with Crippen molar-refractivity contribution in [1.82, 2.24) is 15.4 Å². The van der Waals surface area contributed by atoms with Gasteiger partial charge in [0.15, 0.2) is 17.3 Å². The van der Waals surface area contributed by atoms with Crippen LogP contribution >= 0.6 is 0 Å². The van der Waals surface area contributed by atoms with Crippen molar-refractivity contribution in [3.05, 3.63) is 30.0 Å². The van der Waals surface area contributed by atoms with Gasteiger partial charge in [-0.3, -0.25) is 10.2 Å². The predicted octanol–water partition coefficient (Wildman–Crippen LogP) is 1.36. The van der Waals surface area contributed by atoms with E-state index >= 15 is 0 Å². The van der Waals surface area contributed by atoms with Crippen LogP contribution < -0.4 is 25.6 Å². The standard InChI is InChI=1S/C17H21N5O3/c1-24-13-6-5-11(9-14(13)25-2)15-19-10-12(17(23)21-18)16(20-15)22-7-3-4-8-22/h5-6,9-10H,3-4,7-8,18H2,1-2H3,(H,21,23). The van der Waals surface area contributed by atoms with E-state index in [1.54, 1.807) is 20.3 Å². The Bertz CT molecular complexity index is 775. The van der Waals surface area contributed by atoms with Crippen molar-refractivity contribution in [2.24, 2.45) is 5.84 Å². The highest BCUT2D eigenvalue weighted by Gasteiger charge is 2.22. The first-order valence-electron chi connectivity index (χ1n) is 8.03. The maximum Gasteiger partial charge on any atom is 0.270 e. The maximum absolute atomic E-state index is 12.0. The van der Waals surface area contributed by atoms with E-state index in [0.717, 1.165) is 31.5 Å². The Balaban J connectivity index is 2.05.